The Balaban J connectivity index is 2.08. The quantitative estimate of drug-likeness (QED) is 0.848. The Hall–Kier alpha value is -1.82. The number of aromatic nitrogens is 2. The van der Waals surface area contributed by atoms with Gasteiger partial charge in [0.05, 0.1) is 23.9 Å². The highest BCUT2D eigenvalue weighted by Crippen LogP contribution is 2.27. The van der Waals surface area contributed by atoms with Crippen LogP contribution in [-0.2, 0) is 0 Å². The Morgan fingerprint density at radius 1 is 1.21 bits per heavy atom. The summed E-state index contributed by atoms with van der Waals surface area (Å²) < 4.78 is 41.5. The van der Waals surface area contributed by atoms with Gasteiger partial charge in [-0.2, -0.15) is 0 Å². The van der Waals surface area contributed by atoms with Crippen molar-refractivity contribution in [2.45, 2.75) is 18.9 Å². The number of benzene rings is 1. The van der Waals surface area contributed by atoms with E-state index in [1.165, 1.54) is 17.0 Å². The van der Waals surface area contributed by atoms with Crippen molar-refractivity contribution in [3.05, 3.63) is 47.8 Å². The third kappa shape index (κ3) is 2.02. The van der Waals surface area contributed by atoms with Crippen LogP contribution in [0.5, 0.6) is 0 Å². The fourth-order valence-electron chi connectivity index (χ4n) is 2.40. The molecule has 0 saturated carbocycles. The smallest absolute Gasteiger partial charge is 0.196 e. The van der Waals surface area contributed by atoms with Crippen molar-refractivity contribution in [2.24, 2.45) is 0 Å². The summed E-state index contributed by atoms with van der Waals surface area (Å²) >= 11 is 0. The van der Waals surface area contributed by atoms with E-state index in [0.717, 1.165) is 31.1 Å². The summed E-state index contributed by atoms with van der Waals surface area (Å²) in [5.74, 6) is -3.85. The van der Waals surface area contributed by atoms with Gasteiger partial charge in [0, 0.05) is 6.04 Å². The lowest BCUT2D eigenvalue weighted by Gasteiger charge is -2.14. The summed E-state index contributed by atoms with van der Waals surface area (Å²) in [6.07, 6.45) is 4.96. The fourth-order valence-corrected chi connectivity index (χ4v) is 2.40. The molecule has 2 heterocycles. The molecule has 3 nitrogen and oxygen atoms in total. The molecule has 0 bridgehead atoms. The number of nitrogens with one attached hydrogen (secondary N) is 1. The molecule has 2 aromatic rings. The summed E-state index contributed by atoms with van der Waals surface area (Å²) in [5.41, 5.74) is 0.725. The van der Waals surface area contributed by atoms with Gasteiger partial charge in [0.25, 0.3) is 0 Å². The Kier molecular flexibility index (Phi) is 3.02. The SMILES string of the molecule is Fc1ccc(-n2cncc2[C@@H]2CCCN2)c(F)c1F. The van der Waals surface area contributed by atoms with Gasteiger partial charge in [0.1, 0.15) is 0 Å². The van der Waals surface area contributed by atoms with E-state index in [2.05, 4.69) is 10.3 Å². The molecule has 0 spiro atoms. The first-order chi connectivity index (χ1) is 9.18. The minimum absolute atomic E-state index is 0.0277. The monoisotopic (exact) mass is 267 g/mol. The van der Waals surface area contributed by atoms with Crippen molar-refractivity contribution in [1.82, 2.24) is 14.9 Å². The number of imidazole rings is 1. The summed E-state index contributed by atoms with van der Waals surface area (Å²) in [5, 5.41) is 3.26. The molecule has 1 aliphatic rings. The van der Waals surface area contributed by atoms with Crippen LogP contribution in [0, 0.1) is 17.5 Å². The standard InChI is InChI=1S/C13H12F3N3/c14-8-3-4-10(13(16)12(8)15)19-7-17-6-11(19)9-2-1-5-18-9/h3-4,6-7,9,18H,1-2,5H2/t9-/m0/s1. The third-order valence-corrected chi connectivity index (χ3v) is 3.36. The Labute approximate surface area is 108 Å². The molecule has 0 radical (unpaired) electrons. The predicted octanol–water partition coefficient (Wildman–Crippen LogP) is 2.71. The van der Waals surface area contributed by atoms with Crippen LogP contribution in [-0.4, -0.2) is 16.1 Å². The number of nitrogens with zero attached hydrogens (tertiary/aromatic N) is 2. The summed E-state index contributed by atoms with van der Waals surface area (Å²) in [6, 6.07) is 2.20. The van der Waals surface area contributed by atoms with Gasteiger partial charge in [-0.15, -0.1) is 0 Å². The summed E-state index contributed by atoms with van der Waals surface area (Å²) in [4.78, 5) is 3.98. The first-order valence-corrected chi connectivity index (χ1v) is 6.08. The molecule has 1 aromatic carbocycles. The van der Waals surface area contributed by atoms with Crippen LogP contribution in [0.3, 0.4) is 0 Å². The average Bonchev–Trinajstić information content (AvgIpc) is 3.05. The lowest BCUT2D eigenvalue weighted by Crippen LogP contribution is -2.16. The topological polar surface area (TPSA) is 29.9 Å². The number of rotatable bonds is 2. The van der Waals surface area contributed by atoms with E-state index in [1.54, 1.807) is 6.20 Å². The van der Waals surface area contributed by atoms with Crippen LogP contribution in [0.25, 0.3) is 5.69 Å². The minimum atomic E-state index is -1.46. The first-order valence-electron chi connectivity index (χ1n) is 6.08. The molecule has 1 N–H and O–H groups in total. The maximum Gasteiger partial charge on any atom is 0.196 e. The maximum atomic E-state index is 13.8. The van der Waals surface area contributed by atoms with Gasteiger partial charge >= 0.3 is 0 Å². The van der Waals surface area contributed by atoms with Crippen LogP contribution >= 0.6 is 0 Å². The second-order valence-corrected chi connectivity index (χ2v) is 4.53. The molecule has 1 aliphatic heterocycles. The molecule has 0 unspecified atom stereocenters. The Morgan fingerprint density at radius 3 is 2.79 bits per heavy atom. The predicted molar refractivity (Wildman–Crippen MR) is 63.4 cm³/mol. The third-order valence-electron chi connectivity index (χ3n) is 3.36. The van der Waals surface area contributed by atoms with Gasteiger partial charge in [-0.05, 0) is 31.5 Å². The van der Waals surface area contributed by atoms with E-state index in [-0.39, 0.29) is 11.7 Å². The molecule has 3 rings (SSSR count). The average molecular weight is 267 g/mol. The van der Waals surface area contributed by atoms with Crippen molar-refractivity contribution in [2.75, 3.05) is 6.54 Å². The molecule has 0 aliphatic carbocycles. The molecular formula is C13H12F3N3. The summed E-state index contributed by atoms with van der Waals surface area (Å²) in [6.45, 7) is 0.885. The van der Waals surface area contributed by atoms with Gasteiger partial charge in [-0.1, -0.05) is 0 Å². The molecular weight excluding hydrogens is 255 g/mol. The molecule has 1 fully saturated rings. The van der Waals surface area contributed by atoms with E-state index in [4.69, 9.17) is 0 Å². The number of hydrogen-bond donors (Lipinski definition) is 1. The van der Waals surface area contributed by atoms with Gasteiger partial charge in [-0.3, -0.25) is 4.57 Å². The molecule has 100 valence electrons. The molecule has 1 saturated heterocycles. The zero-order valence-electron chi connectivity index (χ0n) is 10.0. The van der Waals surface area contributed by atoms with Crippen molar-refractivity contribution in [3.8, 4) is 5.69 Å². The maximum absolute atomic E-state index is 13.8. The van der Waals surface area contributed by atoms with Crippen molar-refractivity contribution >= 4 is 0 Å². The van der Waals surface area contributed by atoms with Crippen molar-refractivity contribution in [1.29, 1.82) is 0 Å². The van der Waals surface area contributed by atoms with E-state index >= 15 is 0 Å². The molecule has 1 atom stereocenters. The number of hydrogen-bond acceptors (Lipinski definition) is 2. The van der Waals surface area contributed by atoms with Crippen LogP contribution in [0.4, 0.5) is 13.2 Å². The van der Waals surface area contributed by atoms with Gasteiger partial charge < -0.3 is 5.32 Å². The molecule has 6 heteroatoms. The van der Waals surface area contributed by atoms with E-state index in [9.17, 15) is 13.2 Å². The lowest BCUT2D eigenvalue weighted by atomic mass is 10.1. The van der Waals surface area contributed by atoms with Crippen molar-refractivity contribution in [3.63, 3.8) is 0 Å². The second kappa shape index (κ2) is 4.70. The van der Waals surface area contributed by atoms with Crippen LogP contribution in [0.2, 0.25) is 0 Å². The Morgan fingerprint density at radius 2 is 2.05 bits per heavy atom. The minimum Gasteiger partial charge on any atom is -0.309 e. The largest absolute Gasteiger partial charge is 0.309 e. The van der Waals surface area contributed by atoms with Crippen LogP contribution in [0.15, 0.2) is 24.7 Å². The molecule has 19 heavy (non-hydrogen) atoms. The Bertz CT molecular complexity index is 603. The second-order valence-electron chi connectivity index (χ2n) is 4.53. The van der Waals surface area contributed by atoms with Crippen LogP contribution < -0.4 is 5.32 Å². The van der Waals surface area contributed by atoms with Crippen LogP contribution in [0.1, 0.15) is 24.6 Å². The molecule has 0 amide bonds. The highest BCUT2D eigenvalue weighted by Gasteiger charge is 2.23. The fraction of sp³-hybridized carbons (Fsp3) is 0.308. The normalized spacial score (nSPS) is 19.0. The number of halogens is 3. The zero-order chi connectivity index (χ0) is 13.4. The highest BCUT2D eigenvalue weighted by atomic mass is 19.2. The lowest BCUT2D eigenvalue weighted by molar-refractivity contribution is 0.443. The van der Waals surface area contributed by atoms with Gasteiger partial charge in [0.15, 0.2) is 17.5 Å². The first kappa shape index (κ1) is 12.2. The zero-order valence-corrected chi connectivity index (χ0v) is 10.0. The van der Waals surface area contributed by atoms with E-state index in [1.807, 2.05) is 0 Å². The van der Waals surface area contributed by atoms with Gasteiger partial charge in [-0.25, -0.2) is 18.2 Å². The highest BCUT2D eigenvalue weighted by molar-refractivity contribution is 5.37. The molecule has 1 aromatic heterocycles. The van der Waals surface area contributed by atoms with E-state index in [0.29, 0.717) is 0 Å². The van der Waals surface area contributed by atoms with Crippen molar-refractivity contribution < 1.29 is 13.2 Å². The van der Waals surface area contributed by atoms with E-state index < -0.39 is 17.5 Å². The summed E-state index contributed by atoms with van der Waals surface area (Å²) in [7, 11) is 0. The van der Waals surface area contributed by atoms with Gasteiger partial charge in [0.2, 0.25) is 0 Å².